The van der Waals surface area contributed by atoms with Crippen LogP contribution < -0.4 is 5.73 Å². The second-order valence-corrected chi connectivity index (χ2v) is 6.35. The van der Waals surface area contributed by atoms with Crippen LogP contribution in [0.4, 0.5) is 0 Å². The van der Waals surface area contributed by atoms with Crippen LogP contribution in [-0.4, -0.2) is 6.04 Å². The van der Waals surface area contributed by atoms with Gasteiger partial charge in [0.1, 0.15) is 0 Å². The number of hydrogen-bond acceptors (Lipinski definition) is 1. The lowest BCUT2D eigenvalue weighted by atomic mass is 9.74. The van der Waals surface area contributed by atoms with Crippen molar-refractivity contribution in [3.05, 3.63) is 35.9 Å². The minimum atomic E-state index is 0.0564. The van der Waals surface area contributed by atoms with Gasteiger partial charge in [0.25, 0.3) is 0 Å². The highest BCUT2D eigenvalue weighted by Gasteiger charge is 2.29. The third-order valence-corrected chi connectivity index (χ3v) is 4.58. The maximum Gasteiger partial charge on any atom is 0.0134 e. The van der Waals surface area contributed by atoms with E-state index in [-0.39, 0.29) is 11.5 Å². The number of hydrogen-bond donors (Lipinski definition) is 1. The van der Waals surface area contributed by atoms with Crippen molar-refractivity contribution in [2.75, 3.05) is 0 Å². The van der Waals surface area contributed by atoms with Crippen LogP contribution in [0.25, 0.3) is 0 Å². The van der Waals surface area contributed by atoms with E-state index >= 15 is 0 Å². The van der Waals surface area contributed by atoms with Crippen LogP contribution in [0.1, 0.15) is 65.4 Å². The fourth-order valence-electron chi connectivity index (χ4n) is 2.72. The molecule has 0 aromatic heterocycles. The zero-order chi connectivity index (χ0) is 14.3. The third kappa shape index (κ3) is 4.65. The lowest BCUT2D eigenvalue weighted by molar-refractivity contribution is 0.308. The average Bonchev–Trinajstić information content (AvgIpc) is 2.44. The van der Waals surface area contributed by atoms with Gasteiger partial charge in [0.2, 0.25) is 0 Å². The highest BCUT2D eigenvalue weighted by atomic mass is 14.7. The van der Waals surface area contributed by atoms with Gasteiger partial charge in [0, 0.05) is 11.5 Å². The number of benzene rings is 1. The molecule has 0 spiro atoms. The Kier molecular flexibility index (Phi) is 6.57. The van der Waals surface area contributed by atoms with Crippen LogP contribution in [0.15, 0.2) is 30.3 Å². The van der Waals surface area contributed by atoms with Crippen molar-refractivity contribution in [2.45, 2.75) is 71.3 Å². The Hall–Kier alpha value is -0.820. The summed E-state index contributed by atoms with van der Waals surface area (Å²) in [5.41, 5.74) is 7.94. The zero-order valence-electron chi connectivity index (χ0n) is 13.2. The minimum Gasteiger partial charge on any atom is -0.327 e. The fourth-order valence-corrected chi connectivity index (χ4v) is 2.72. The van der Waals surface area contributed by atoms with Gasteiger partial charge in [-0.05, 0) is 17.9 Å². The van der Waals surface area contributed by atoms with E-state index in [4.69, 9.17) is 5.73 Å². The molecule has 2 N–H and O–H groups in total. The summed E-state index contributed by atoms with van der Waals surface area (Å²) in [6.07, 6.45) is 6.33. The highest BCUT2D eigenvalue weighted by molar-refractivity contribution is 5.25. The first-order valence-electron chi connectivity index (χ1n) is 7.83. The van der Waals surface area contributed by atoms with E-state index in [1.54, 1.807) is 0 Å². The minimum absolute atomic E-state index is 0.0564. The lowest BCUT2D eigenvalue weighted by Crippen LogP contribution is -2.42. The second-order valence-electron chi connectivity index (χ2n) is 6.35. The molecule has 0 aliphatic carbocycles. The van der Waals surface area contributed by atoms with E-state index in [1.807, 2.05) is 0 Å². The van der Waals surface area contributed by atoms with Crippen LogP contribution in [0, 0.1) is 5.92 Å². The molecule has 0 bridgehead atoms. The second kappa shape index (κ2) is 7.69. The van der Waals surface area contributed by atoms with Gasteiger partial charge < -0.3 is 5.73 Å². The van der Waals surface area contributed by atoms with Crippen LogP contribution in [-0.2, 0) is 5.41 Å². The molecule has 0 amide bonds. The Morgan fingerprint density at radius 3 is 2.26 bits per heavy atom. The molecular weight excluding hydrogens is 230 g/mol. The molecular formula is C18H31N. The van der Waals surface area contributed by atoms with Crippen molar-refractivity contribution >= 4 is 0 Å². The predicted octanol–water partition coefficient (Wildman–Crippen LogP) is 4.90. The standard InChI is InChI=1S/C18H31N/c1-5-7-11-15(6-2)14-17(19)18(3,4)16-12-9-8-10-13-16/h8-10,12-13,15,17H,5-7,11,14,19H2,1-4H3. The van der Waals surface area contributed by atoms with Crippen molar-refractivity contribution < 1.29 is 0 Å². The quantitative estimate of drug-likeness (QED) is 0.708. The van der Waals surface area contributed by atoms with Gasteiger partial charge in [0.15, 0.2) is 0 Å². The van der Waals surface area contributed by atoms with Gasteiger partial charge in [-0.1, -0.05) is 83.7 Å². The summed E-state index contributed by atoms with van der Waals surface area (Å²) in [5, 5.41) is 0. The smallest absolute Gasteiger partial charge is 0.0134 e. The molecule has 1 heteroatoms. The Bertz CT molecular complexity index is 342. The van der Waals surface area contributed by atoms with Crippen LogP contribution in [0.2, 0.25) is 0 Å². The van der Waals surface area contributed by atoms with Gasteiger partial charge >= 0.3 is 0 Å². The van der Waals surface area contributed by atoms with Gasteiger partial charge in [-0.25, -0.2) is 0 Å². The van der Waals surface area contributed by atoms with Crippen molar-refractivity contribution in [1.29, 1.82) is 0 Å². The molecule has 0 fully saturated rings. The molecule has 19 heavy (non-hydrogen) atoms. The van der Waals surface area contributed by atoms with E-state index < -0.39 is 0 Å². The molecule has 1 nitrogen and oxygen atoms in total. The SMILES string of the molecule is CCCCC(CC)CC(N)C(C)(C)c1ccccc1. The van der Waals surface area contributed by atoms with E-state index in [0.29, 0.717) is 0 Å². The summed E-state index contributed by atoms with van der Waals surface area (Å²) >= 11 is 0. The molecule has 1 rings (SSSR count). The Morgan fingerprint density at radius 2 is 1.74 bits per heavy atom. The summed E-state index contributed by atoms with van der Waals surface area (Å²) in [5.74, 6) is 0.776. The van der Waals surface area contributed by atoms with Gasteiger partial charge in [-0.15, -0.1) is 0 Å². The van der Waals surface area contributed by atoms with Crippen molar-refractivity contribution in [2.24, 2.45) is 11.7 Å². The molecule has 0 saturated carbocycles. The molecule has 0 saturated heterocycles. The molecule has 1 aromatic rings. The number of rotatable bonds is 8. The highest BCUT2D eigenvalue weighted by Crippen LogP contribution is 2.31. The summed E-state index contributed by atoms with van der Waals surface area (Å²) in [7, 11) is 0. The topological polar surface area (TPSA) is 26.0 Å². The first-order valence-corrected chi connectivity index (χ1v) is 7.83. The molecule has 108 valence electrons. The van der Waals surface area contributed by atoms with Crippen LogP contribution in [0.5, 0.6) is 0 Å². The molecule has 0 radical (unpaired) electrons. The Morgan fingerprint density at radius 1 is 1.11 bits per heavy atom. The van der Waals surface area contributed by atoms with E-state index in [0.717, 1.165) is 12.3 Å². The first kappa shape index (κ1) is 16.2. The third-order valence-electron chi connectivity index (χ3n) is 4.58. The van der Waals surface area contributed by atoms with E-state index in [1.165, 1.54) is 31.2 Å². The molecule has 0 aliphatic heterocycles. The summed E-state index contributed by atoms with van der Waals surface area (Å²) in [6.45, 7) is 9.11. The predicted molar refractivity (Wildman–Crippen MR) is 85.4 cm³/mol. The zero-order valence-corrected chi connectivity index (χ0v) is 13.2. The number of nitrogens with two attached hydrogens (primary N) is 1. The maximum atomic E-state index is 6.53. The van der Waals surface area contributed by atoms with Crippen molar-refractivity contribution in [3.8, 4) is 0 Å². The Balaban J connectivity index is 2.67. The molecule has 2 atom stereocenters. The first-order chi connectivity index (χ1) is 9.02. The Labute approximate surface area is 119 Å². The lowest BCUT2D eigenvalue weighted by Gasteiger charge is -2.34. The van der Waals surface area contributed by atoms with Crippen molar-refractivity contribution in [1.82, 2.24) is 0 Å². The number of unbranched alkanes of at least 4 members (excludes halogenated alkanes) is 1. The van der Waals surface area contributed by atoms with Gasteiger partial charge in [0.05, 0.1) is 0 Å². The van der Waals surface area contributed by atoms with E-state index in [9.17, 15) is 0 Å². The van der Waals surface area contributed by atoms with E-state index in [2.05, 4.69) is 58.0 Å². The van der Waals surface area contributed by atoms with Crippen molar-refractivity contribution in [3.63, 3.8) is 0 Å². The summed E-state index contributed by atoms with van der Waals surface area (Å²) in [6, 6.07) is 10.9. The molecule has 0 aliphatic rings. The van der Waals surface area contributed by atoms with Crippen LogP contribution in [0.3, 0.4) is 0 Å². The molecule has 0 heterocycles. The van der Waals surface area contributed by atoms with Gasteiger partial charge in [-0.2, -0.15) is 0 Å². The fraction of sp³-hybridized carbons (Fsp3) is 0.667. The summed E-state index contributed by atoms with van der Waals surface area (Å²) < 4.78 is 0. The van der Waals surface area contributed by atoms with Crippen LogP contribution >= 0.6 is 0 Å². The monoisotopic (exact) mass is 261 g/mol. The molecule has 1 aromatic carbocycles. The largest absolute Gasteiger partial charge is 0.327 e. The summed E-state index contributed by atoms with van der Waals surface area (Å²) in [4.78, 5) is 0. The molecule has 2 unspecified atom stereocenters. The van der Waals surface area contributed by atoms with Gasteiger partial charge in [-0.3, -0.25) is 0 Å². The maximum absolute atomic E-state index is 6.53. The normalized spacial score (nSPS) is 15.2. The average molecular weight is 261 g/mol.